The molecule has 0 aliphatic rings. The summed E-state index contributed by atoms with van der Waals surface area (Å²) in [5.74, 6) is 1.20. The molecule has 0 aliphatic carbocycles. The van der Waals surface area contributed by atoms with Gasteiger partial charge in [0.05, 0.1) is 13.8 Å². The Bertz CT molecular complexity index is 695. The molecule has 1 aromatic heterocycles. The minimum atomic E-state index is -1.40. The van der Waals surface area contributed by atoms with Crippen LogP contribution in [-0.2, 0) is 0 Å². The van der Waals surface area contributed by atoms with Crippen molar-refractivity contribution in [3.63, 3.8) is 0 Å². The molecule has 0 radical (unpaired) electrons. The van der Waals surface area contributed by atoms with Gasteiger partial charge in [-0.25, -0.2) is 0 Å². The van der Waals surface area contributed by atoms with Gasteiger partial charge in [0, 0.05) is 11.8 Å². The van der Waals surface area contributed by atoms with Gasteiger partial charge in [-0.05, 0) is 48.1 Å². The fraction of sp³-hybridized carbons (Fsp3) is 0.476. The number of hydrogen-bond acceptors (Lipinski definition) is 1. The van der Waals surface area contributed by atoms with Crippen molar-refractivity contribution < 1.29 is 0 Å². The summed E-state index contributed by atoms with van der Waals surface area (Å²) in [5.41, 5.74) is 6.49. The first-order chi connectivity index (χ1) is 10.6. The molecule has 0 bridgehead atoms. The van der Waals surface area contributed by atoms with Gasteiger partial charge in [0.1, 0.15) is 0 Å². The highest BCUT2D eigenvalue weighted by Gasteiger charge is 2.25. The van der Waals surface area contributed by atoms with Gasteiger partial charge in [-0.15, -0.1) is 0 Å². The highest BCUT2D eigenvalue weighted by molar-refractivity contribution is 6.89. The van der Waals surface area contributed by atoms with Crippen LogP contribution in [0.5, 0.6) is 0 Å². The summed E-state index contributed by atoms with van der Waals surface area (Å²) >= 11 is 0. The molecular formula is C21H31NSi. The Balaban J connectivity index is 2.62. The van der Waals surface area contributed by atoms with Gasteiger partial charge in [-0.2, -0.15) is 0 Å². The molecule has 0 spiro atoms. The summed E-state index contributed by atoms with van der Waals surface area (Å²) in [5, 5.41) is 1.51. The summed E-state index contributed by atoms with van der Waals surface area (Å²) in [7, 11) is -1.40. The molecule has 1 aromatic carbocycles. The molecule has 23 heavy (non-hydrogen) atoms. The summed E-state index contributed by atoms with van der Waals surface area (Å²) < 4.78 is 0. The molecule has 124 valence electrons. The van der Waals surface area contributed by atoms with E-state index in [1.165, 1.54) is 27.4 Å². The normalized spacial score (nSPS) is 13.4. The summed E-state index contributed by atoms with van der Waals surface area (Å²) in [6.07, 6.45) is 2.16. The summed E-state index contributed by atoms with van der Waals surface area (Å²) in [6, 6.07) is 9.00. The van der Waals surface area contributed by atoms with E-state index in [0.29, 0.717) is 11.8 Å². The van der Waals surface area contributed by atoms with Gasteiger partial charge in [0.15, 0.2) is 0 Å². The lowest BCUT2D eigenvalue weighted by Crippen LogP contribution is -2.41. The molecule has 1 heterocycles. The average molecular weight is 326 g/mol. The Kier molecular flexibility index (Phi) is 5.15. The maximum absolute atomic E-state index is 4.84. The number of benzene rings is 1. The molecule has 2 heteroatoms. The number of rotatable bonds is 4. The average Bonchev–Trinajstić information content (AvgIpc) is 2.44. The van der Waals surface area contributed by atoms with Crippen LogP contribution in [-0.4, -0.2) is 13.1 Å². The van der Waals surface area contributed by atoms with Gasteiger partial charge in [0.25, 0.3) is 0 Å². The number of hydrogen-bond donors (Lipinski definition) is 0. The van der Waals surface area contributed by atoms with Crippen molar-refractivity contribution in [2.24, 2.45) is 5.92 Å². The first-order valence-corrected chi connectivity index (χ1v) is 12.2. The van der Waals surface area contributed by atoms with Crippen LogP contribution in [0, 0.1) is 19.8 Å². The zero-order chi connectivity index (χ0) is 17.4. The van der Waals surface area contributed by atoms with Crippen LogP contribution in [0.15, 0.2) is 30.5 Å². The van der Waals surface area contributed by atoms with Crippen LogP contribution < -0.4 is 5.19 Å². The lowest BCUT2D eigenvalue weighted by molar-refractivity contribution is 0.537. The SMILES string of the molecule is Cc1ccc(-c2cc(C(C)C(C)C)c([Si](C)(C)C)cn2)c(C)c1. The fourth-order valence-electron chi connectivity index (χ4n) is 3.08. The molecular weight excluding hydrogens is 294 g/mol. The van der Waals surface area contributed by atoms with Crippen molar-refractivity contribution in [2.75, 3.05) is 0 Å². The van der Waals surface area contributed by atoms with Crippen molar-refractivity contribution >= 4 is 13.3 Å². The van der Waals surface area contributed by atoms with Crippen molar-refractivity contribution in [3.05, 3.63) is 47.2 Å². The van der Waals surface area contributed by atoms with Crippen LogP contribution in [0.4, 0.5) is 0 Å². The predicted octanol–water partition coefficient (Wildman–Crippen LogP) is 5.67. The highest BCUT2D eigenvalue weighted by atomic mass is 28.3. The standard InChI is InChI=1S/C21H31NSi/c1-14(2)17(5)19-12-20(22-13-21(19)23(6,7)8)18-10-9-15(3)11-16(18)4/h9-14,17H,1-8H3. The number of pyridine rings is 1. The quantitative estimate of drug-likeness (QED) is 0.660. The third-order valence-electron chi connectivity index (χ3n) is 4.89. The fourth-order valence-corrected chi connectivity index (χ4v) is 4.70. The molecule has 1 nitrogen and oxygen atoms in total. The van der Waals surface area contributed by atoms with Crippen LogP contribution in [0.2, 0.25) is 19.6 Å². The van der Waals surface area contributed by atoms with E-state index in [2.05, 4.69) is 84.7 Å². The molecule has 1 atom stereocenters. The lowest BCUT2D eigenvalue weighted by Gasteiger charge is -2.27. The molecule has 1 unspecified atom stereocenters. The Morgan fingerprint density at radius 1 is 0.957 bits per heavy atom. The Morgan fingerprint density at radius 3 is 2.13 bits per heavy atom. The second-order valence-corrected chi connectivity index (χ2v) is 13.3. The van der Waals surface area contributed by atoms with Gasteiger partial charge < -0.3 is 0 Å². The van der Waals surface area contributed by atoms with E-state index in [-0.39, 0.29) is 0 Å². The second-order valence-electron chi connectivity index (χ2n) is 8.26. The molecule has 2 aromatic rings. The van der Waals surface area contributed by atoms with Crippen molar-refractivity contribution in [2.45, 2.75) is 60.2 Å². The highest BCUT2D eigenvalue weighted by Crippen LogP contribution is 2.29. The Hall–Kier alpha value is -1.41. The van der Waals surface area contributed by atoms with Crippen LogP contribution >= 0.6 is 0 Å². The molecule has 0 N–H and O–H groups in total. The largest absolute Gasteiger partial charge is 0.256 e. The minimum Gasteiger partial charge on any atom is -0.256 e. The van der Waals surface area contributed by atoms with Crippen LogP contribution in [0.1, 0.15) is 43.4 Å². The van der Waals surface area contributed by atoms with Gasteiger partial charge in [0.2, 0.25) is 0 Å². The van der Waals surface area contributed by atoms with E-state index in [1.54, 1.807) is 0 Å². The van der Waals surface area contributed by atoms with E-state index in [1.807, 2.05) is 0 Å². The van der Waals surface area contributed by atoms with E-state index < -0.39 is 8.07 Å². The van der Waals surface area contributed by atoms with E-state index in [9.17, 15) is 0 Å². The molecule has 0 saturated heterocycles. The predicted molar refractivity (Wildman–Crippen MR) is 105 cm³/mol. The topological polar surface area (TPSA) is 12.9 Å². The van der Waals surface area contributed by atoms with Crippen LogP contribution in [0.3, 0.4) is 0 Å². The van der Waals surface area contributed by atoms with Gasteiger partial charge in [-0.1, -0.05) is 64.2 Å². The third-order valence-corrected chi connectivity index (χ3v) is 6.93. The zero-order valence-corrected chi connectivity index (χ0v) is 17.0. The lowest BCUT2D eigenvalue weighted by atomic mass is 9.89. The molecule has 0 aliphatic heterocycles. The van der Waals surface area contributed by atoms with E-state index >= 15 is 0 Å². The van der Waals surface area contributed by atoms with Crippen molar-refractivity contribution in [1.82, 2.24) is 4.98 Å². The zero-order valence-electron chi connectivity index (χ0n) is 16.0. The Morgan fingerprint density at radius 2 is 1.61 bits per heavy atom. The second kappa shape index (κ2) is 6.60. The first kappa shape index (κ1) is 17.9. The number of aromatic nitrogens is 1. The number of nitrogens with zero attached hydrogens (tertiary/aromatic N) is 1. The molecule has 0 fully saturated rings. The summed E-state index contributed by atoms with van der Waals surface area (Å²) in [6.45, 7) is 18.6. The monoisotopic (exact) mass is 325 g/mol. The van der Waals surface area contributed by atoms with Crippen molar-refractivity contribution in [3.8, 4) is 11.3 Å². The third kappa shape index (κ3) is 3.92. The Labute approximate surface area is 143 Å². The maximum Gasteiger partial charge on any atom is 0.0799 e. The van der Waals surface area contributed by atoms with Gasteiger partial charge in [-0.3, -0.25) is 4.98 Å². The maximum atomic E-state index is 4.84. The molecule has 0 saturated carbocycles. The molecule has 0 amide bonds. The smallest absolute Gasteiger partial charge is 0.0799 e. The molecule has 2 rings (SSSR count). The number of aryl methyl sites for hydroxylation is 2. The van der Waals surface area contributed by atoms with E-state index in [4.69, 9.17) is 4.98 Å². The summed E-state index contributed by atoms with van der Waals surface area (Å²) in [4.78, 5) is 4.84. The minimum absolute atomic E-state index is 0.559. The first-order valence-electron chi connectivity index (χ1n) is 8.69. The van der Waals surface area contributed by atoms with Crippen LogP contribution in [0.25, 0.3) is 11.3 Å². The van der Waals surface area contributed by atoms with Crippen molar-refractivity contribution in [1.29, 1.82) is 0 Å². The van der Waals surface area contributed by atoms with Gasteiger partial charge >= 0.3 is 0 Å². The van der Waals surface area contributed by atoms with E-state index in [0.717, 1.165) is 5.69 Å².